The van der Waals surface area contributed by atoms with Crippen molar-refractivity contribution >= 4 is 0 Å². The van der Waals surface area contributed by atoms with Gasteiger partial charge in [0.2, 0.25) is 0 Å². The Morgan fingerprint density at radius 3 is 0.774 bits per heavy atom. The highest BCUT2D eigenvalue weighted by molar-refractivity contribution is 4.90. The molecule has 0 aromatic rings. The molecule has 0 aliphatic carbocycles. The van der Waals surface area contributed by atoms with Gasteiger partial charge in [-0.2, -0.15) is 0 Å². The molecular weight excluding hydrogens is 376 g/mol. The first kappa shape index (κ1) is 31.0. The first-order valence-electron chi connectivity index (χ1n) is 14.6. The maximum absolute atomic E-state index is 7.16. The molecule has 0 saturated carbocycles. The number of rotatable bonds is 22. The molecule has 31 heavy (non-hydrogen) atoms. The van der Waals surface area contributed by atoms with Gasteiger partial charge in [0.25, 0.3) is 0 Å². The van der Waals surface area contributed by atoms with Gasteiger partial charge in [-0.3, -0.25) is 0 Å². The summed E-state index contributed by atoms with van der Waals surface area (Å²) in [5.41, 5.74) is 0.755. The van der Waals surface area contributed by atoms with Crippen molar-refractivity contribution in [1.82, 2.24) is 0 Å². The highest BCUT2D eigenvalue weighted by Gasteiger charge is 2.41. The second kappa shape index (κ2) is 18.4. The van der Waals surface area contributed by atoms with E-state index in [-0.39, 0.29) is 0 Å². The topological polar surface area (TPSA) is 9.23 Å². The minimum atomic E-state index is 0.372. The lowest BCUT2D eigenvalue weighted by molar-refractivity contribution is -0.131. The lowest BCUT2D eigenvalue weighted by Gasteiger charge is -2.46. The maximum atomic E-state index is 7.16. The molecule has 0 aromatic carbocycles. The average Bonchev–Trinajstić information content (AvgIpc) is 2.78. The number of hydrogen-bond donors (Lipinski definition) is 0. The lowest BCUT2D eigenvalue weighted by Crippen LogP contribution is -2.43. The van der Waals surface area contributed by atoms with Crippen LogP contribution in [0.3, 0.4) is 0 Å². The van der Waals surface area contributed by atoms with Crippen LogP contribution in [-0.4, -0.2) is 12.2 Å². The number of unbranched alkanes of at least 4 members (excludes halogenated alkanes) is 6. The van der Waals surface area contributed by atoms with Crippen molar-refractivity contribution < 1.29 is 4.74 Å². The van der Waals surface area contributed by atoms with Crippen molar-refractivity contribution in [2.75, 3.05) is 0 Å². The summed E-state index contributed by atoms with van der Waals surface area (Å²) in [7, 11) is 0. The van der Waals surface area contributed by atoms with Crippen LogP contribution in [0.5, 0.6) is 0 Å². The summed E-state index contributed by atoms with van der Waals surface area (Å²) in [6.07, 6.45) is 24.8. The summed E-state index contributed by atoms with van der Waals surface area (Å²) in [6.45, 7) is 19.0. The van der Waals surface area contributed by atoms with Crippen LogP contribution < -0.4 is 0 Å². The van der Waals surface area contributed by atoms with Crippen LogP contribution in [0.4, 0.5) is 0 Å². The molecule has 0 radical (unpaired) electrons. The second-order valence-corrected chi connectivity index (χ2v) is 10.8. The van der Waals surface area contributed by atoms with Crippen LogP contribution in [0.1, 0.15) is 171 Å². The summed E-state index contributed by atoms with van der Waals surface area (Å²) in [6, 6.07) is 0. The summed E-state index contributed by atoms with van der Waals surface area (Å²) in [5.74, 6) is 0. The number of ether oxygens (including phenoxy) is 1. The second-order valence-electron chi connectivity index (χ2n) is 10.8. The van der Waals surface area contributed by atoms with Crippen LogP contribution in [0.15, 0.2) is 0 Å². The molecule has 2 atom stereocenters. The van der Waals surface area contributed by atoms with Gasteiger partial charge in [-0.1, -0.05) is 119 Å². The molecule has 0 fully saturated rings. The van der Waals surface area contributed by atoms with E-state index in [2.05, 4.69) is 55.4 Å². The van der Waals surface area contributed by atoms with Crippen LogP contribution in [-0.2, 0) is 4.74 Å². The van der Waals surface area contributed by atoms with Crippen molar-refractivity contribution in [2.45, 2.75) is 183 Å². The summed E-state index contributed by atoms with van der Waals surface area (Å²) < 4.78 is 7.16. The Kier molecular flexibility index (Phi) is 18.4. The Bertz CT molecular complexity index is 308. The van der Waals surface area contributed by atoms with E-state index >= 15 is 0 Å². The first-order chi connectivity index (χ1) is 14.9. The molecule has 0 aliphatic heterocycles. The molecule has 0 aliphatic rings. The molecule has 1 nitrogen and oxygen atoms in total. The first-order valence-corrected chi connectivity index (χ1v) is 14.6. The summed E-state index contributed by atoms with van der Waals surface area (Å²) >= 11 is 0. The monoisotopic (exact) mass is 438 g/mol. The fourth-order valence-electron chi connectivity index (χ4n) is 5.74. The third-order valence-corrected chi connectivity index (χ3v) is 8.30. The predicted molar refractivity (Wildman–Crippen MR) is 142 cm³/mol. The van der Waals surface area contributed by atoms with Crippen LogP contribution >= 0.6 is 0 Å². The third kappa shape index (κ3) is 11.1. The van der Waals surface area contributed by atoms with Crippen LogP contribution in [0.25, 0.3) is 0 Å². The maximum Gasteiger partial charge on any atom is 0.0607 e. The smallest absolute Gasteiger partial charge is 0.0607 e. The third-order valence-electron chi connectivity index (χ3n) is 8.30. The van der Waals surface area contributed by atoms with E-state index in [9.17, 15) is 0 Å². The van der Waals surface area contributed by atoms with Gasteiger partial charge in [-0.25, -0.2) is 0 Å². The predicted octanol–water partition coefficient (Wildman–Crippen LogP) is 10.9. The van der Waals surface area contributed by atoms with Gasteiger partial charge in [-0.05, 0) is 63.2 Å². The van der Waals surface area contributed by atoms with Crippen molar-refractivity contribution in [3.05, 3.63) is 0 Å². The molecule has 0 aromatic heterocycles. The normalized spacial score (nSPS) is 14.7. The Morgan fingerprint density at radius 1 is 0.419 bits per heavy atom. The van der Waals surface area contributed by atoms with Gasteiger partial charge < -0.3 is 4.74 Å². The van der Waals surface area contributed by atoms with E-state index in [1.165, 1.54) is 116 Å². The lowest BCUT2D eigenvalue weighted by atomic mass is 9.69. The quantitative estimate of drug-likeness (QED) is 0.163. The molecule has 0 saturated heterocycles. The van der Waals surface area contributed by atoms with Crippen molar-refractivity contribution in [1.29, 1.82) is 0 Å². The fourth-order valence-corrected chi connectivity index (χ4v) is 5.74. The Balaban J connectivity index is 5.74. The van der Waals surface area contributed by atoms with E-state index < -0.39 is 0 Å². The molecule has 1 heteroatoms. The SMILES string of the molecule is CCCCC(CCCC)(CCCC)C(C)OC(C)C(CCCC)(CCCC)CCCC. The Morgan fingerprint density at radius 2 is 0.613 bits per heavy atom. The Labute approximate surface area is 198 Å². The molecule has 0 rings (SSSR count). The van der Waals surface area contributed by atoms with Gasteiger partial charge >= 0.3 is 0 Å². The van der Waals surface area contributed by atoms with Crippen molar-refractivity contribution in [3.63, 3.8) is 0 Å². The fraction of sp³-hybridized carbons (Fsp3) is 1.00. The minimum Gasteiger partial charge on any atom is -0.374 e. The number of hydrogen-bond acceptors (Lipinski definition) is 1. The molecule has 0 bridgehead atoms. The standard InChI is InChI=1S/C30H62O/c1-9-15-21-29(22-16-10-2,23-17-11-3)27(7)31-28(8)30(24-18-12-4,25-19-13-5)26-20-14-6/h27-28H,9-26H2,1-8H3. The molecule has 2 unspecified atom stereocenters. The van der Waals surface area contributed by atoms with Gasteiger partial charge in [0.05, 0.1) is 12.2 Å². The summed E-state index contributed by atoms with van der Waals surface area (Å²) in [4.78, 5) is 0. The highest BCUT2D eigenvalue weighted by atomic mass is 16.5. The molecular formula is C30H62O. The molecule has 0 amide bonds. The van der Waals surface area contributed by atoms with Gasteiger partial charge in [0.15, 0.2) is 0 Å². The zero-order chi connectivity index (χ0) is 23.6. The van der Waals surface area contributed by atoms with E-state index in [1.54, 1.807) is 0 Å². The van der Waals surface area contributed by atoms with Gasteiger partial charge in [0, 0.05) is 0 Å². The zero-order valence-corrected chi connectivity index (χ0v) is 23.3. The largest absolute Gasteiger partial charge is 0.374 e. The molecule has 0 heterocycles. The van der Waals surface area contributed by atoms with Crippen LogP contribution in [0.2, 0.25) is 0 Å². The molecule has 0 spiro atoms. The zero-order valence-electron chi connectivity index (χ0n) is 23.3. The highest BCUT2D eigenvalue weighted by Crippen LogP contribution is 2.46. The summed E-state index contributed by atoms with van der Waals surface area (Å²) in [5, 5.41) is 0. The van der Waals surface area contributed by atoms with E-state index in [0.29, 0.717) is 23.0 Å². The Hall–Kier alpha value is -0.0400. The van der Waals surface area contributed by atoms with Crippen LogP contribution in [0, 0.1) is 10.8 Å². The van der Waals surface area contributed by atoms with E-state index in [4.69, 9.17) is 4.74 Å². The van der Waals surface area contributed by atoms with Crippen molar-refractivity contribution in [3.8, 4) is 0 Å². The van der Waals surface area contributed by atoms with E-state index in [0.717, 1.165) is 0 Å². The van der Waals surface area contributed by atoms with Gasteiger partial charge in [-0.15, -0.1) is 0 Å². The van der Waals surface area contributed by atoms with Crippen molar-refractivity contribution in [2.24, 2.45) is 10.8 Å². The van der Waals surface area contributed by atoms with E-state index in [1.807, 2.05) is 0 Å². The molecule has 188 valence electrons. The average molecular weight is 439 g/mol. The molecule has 0 N–H and O–H groups in total. The minimum absolute atomic E-state index is 0.372. The van der Waals surface area contributed by atoms with Gasteiger partial charge in [0.1, 0.15) is 0 Å².